The van der Waals surface area contributed by atoms with Gasteiger partial charge in [-0.3, -0.25) is 0 Å². The van der Waals surface area contributed by atoms with Crippen LogP contribution in [0.2, 0.25) is 0 Å². The van der Waals surface area contributed by atoms with Crippen LogP contribution < -0.4 is 0 Å². The largest absolute Gasteiger partial charge is 0.508 e. The fourth-order valence-corrected chi connectivity index (χ4v) is 1.81. The van der Waals surface area contributed by atoms with Crippen molar-refractivity contribution in [3.8, 4) is 24.6 Å². The average Bonchev–Trinajstić information content (AvgIpc) is 2.54. The topological polar surface area (TPSA) is 49.2 Å². The van der Waals surface area contributed by atoms with Gasteiger partial charge in [0.2, 0.25) is 0 Å². The summed E-state index contributed by atoms with van der Waals surface area (Å²) in [6, 6.07) is 13.1. The minimum absolute atomic E-state index is 0.173. The van der Waals surface area contributed by atoms with Gasteiger partial charge in [-0.25, -0.2) is 0 Å². The number of phenolic OH excluding ortho intramolecular Hbond substituents is 2. The van der Waals surface area contributed by atoms with E-state index in [0.717, 1.165) is 11.1 Å². The molecule has 106 valence electrons. The third kappa shape index (κ3) is 3.75. The third-order valence-electron chi connectivity index (χ3n) is 2.93. The van der Waals surface area contributed by atoms with Gasteiger partial charge in [0.05, 0.1) is 0 Å². The first-order valence-electron chi connectivity index (χ1n) is 6.46. The molecule has 2 rings (SSSR count). The molecule has 0 radical (unpaired) electrons. The Hall–Kier alpha value is -3.50. The molecule has 0 unspecified atom stereocenters. The van der Waals surface area contributed by atoms with Gasteiger partial charge in [-0.1, -0.05) is 24.3 Å². The fourth-order valence-electron chi connectivity index (χ4n) is 1.81. The monoisotopic (exact) mass is 290 g/mol. The van der Waals surface area contributed by atoms with Crippen LogP contribution in [0.4, 0.5) is 0 Å². The average molecular weight is 290 g/mol. The lowest BCUT2D eigenvalue weighted by Crippen LogP contribution is -1.82. The number of aromatic hydroxyl groups is 2. The molecule has 0 saturated carbocycles. The molecule has 2 aromatic rings. The van der Waals surface area contributed by atoms with Crippen molar-refractivity contribution < 1.29 is 10.2 Å². The molecule has 0 aliphatic carbocycles. The standard InChI is InChI=1S/C18H12N2O2/c1-19-17(11-13-3-7-15(21)8-4-13)18(20-2)12-14-5-9-16(22)10-6-14/h1-12H/p+2/b17-11+,18-12+. The predicted molar refractivity (Wildman–Crippen MR) is 88.8 cm³/mol. The van der Waals surface area contributed by atoms with Crippen molar-refractivity contribution in [2.24, 2.45) is 0 Å². The van der Waals surface area contributed by atoms with E-state index in [9.17, 15) is 10.2 Å². The van der Waals surface area contributed by atoms with Gasteiger partial charge >= 0.3 is 11.4 Å². The lowest BCUT2D eigenvalue weighted by Gasteiger charge is -1.93. The Balaban J connectivity index is 2.39. The molecule has 0 aromatic heterocycles. The number of phenols is 2. The summed E-state index contributed by atoms with van der Waals surface area (Å²) in [5, 5.41) is 18.6. The van der Waals surface area contributed by atoms with E-state index in [2.05, 4.69) is 9.69 Å². The summed E-state index contributed by atoms with van der Waals surface area (Å²) in [6.45, 7) is 10.8. The number of rotatable bonds is 3. The predicted octanol–water partition coefficient (Wildman–Crippen LogP) is 4.41. The van der Waals surface area contributed by atoms with Crippen molar-refractivity contribution in [2.75, 3.05) is 0 Å². The van der Waals surface area contributed by atoms with E-state index in [1.165, 1.54) is 0 Å². The minimum Gasteiger partial charge on any atom is -0.508 e. The SMILES string of the molecule is C#[N+]C(=C/c1ccc(O)cc1)/C(=C\c1ccc(O)cc1)[N+]#C. The maximum Gasteiger partial charge on any atom is 0.430 e. The fraction of sp³-hybridized carbons (Fsp3) is 0. The van der Waals surface area contributed by atoms with Crippen molar-refractivity contribution in [1.29, 1.82) is 0 Å². The van der Waals surface area contributed by atoms with Gasteiger partial charge in [-0.05, 0) is 45.1 Å². The summed E-state index contributed by atoms with van der Waals surface area (Å²) in [5.74, 6) is 0.346. The Morgan fingerprint density at radius 3 is 1.27 bits per heavy atom. The van der Waals surface area contributed by atoms with Crippen LogP contribution in [0.15, 0.2) is 59.9 Å². The molecule has 0 aliphatic heterocycles. The number of hydrogen-bond acceptors (Lipinski definition) is 2. The minimum atomic E-state index is 0.173. The van der Waals surface area contributed by atoms with E-state index in [1.54, 1.807) is 60.7 Å². The van der Waals surface area contributed by atoms with E-state index in [-0.39, 0.29) is 11.5 Å². The van der Waals surface area contributed by atoms with Gasteiger partial charge in [0.25, 0.3) is 13.1 Å². The molecule has 22 heavy (non-hydrogen) atoms. The molecule has 0 atom stereocenters. The molecular formula is C18H14N2O2+2. The molecule has 0 heterocycles. The highest BCUT2D eigenvalue weighted by molar-refractivity contribution is 5.70. The lowest BCUT2D eigenvalue weighted by atomic mass is 10.1. The van der Waals surface area contributed by atoms with E-state index in [1.807, 2.05) is 0 Å². The molecule has 4 nitrogen and oxygen atoms in total. The summed E-state index contributed by atoms with van der Waals surface area (Å²) >= 11 is 0. The lowest BCUT2D eigenvalue weighted by molar-refractivity contribution is 0.474. The molecule has 0 aliphatic rings. The van der Waals surface area contributed by atoms with E-state index in [4.69, 9.17) is 13.1 Å². The molecule has 0 spiro atoms. The van der Waals surface area contributed by atoms with Gasteiger partial charge < -0.3 is 10.2 Å². The van der Waals surface area contributed by atoms with Crippen molar-refractivity contribution in [3.05, 3.63) is 80.7 Å². The van der Waals surface area contributed by atoms with Crippen molar-refractivity contribution in [2.45, 2.75) is 0 Å². The van der Waals surface area contributed by atoms with Crippen molar-refractivity contribution in [3.63, 3.8) is 0 Å². The van der Waals surface area contributed by atoms with Gasteiger partial charge in [0.15, 0.2) is 0 Å². The zero-order chi connectivity index (χ0) is 15.9. The summed E-state index contributed by atoms with van der Waals surface area (Å²) in [4.78, 5) is 7.40. The Bertz CT molecular complexity index is 731. The van der Waals surface area contributed by atoms with Crippen molar-refractivity contribution in [1.82, 2.24) is 0 Å². The highest BCUT2D eigenvalue weighted by Crippen LogP contribution is 2.22. The summed E-state index contributed by atoms with van der Waals surface area (Å²) in [6.07, 6.45) is 3.39. The first kappa shape index (κ1) is 14.9. The summed E-state index contributed by atoms with van der Waals surface area (Å²) in [7, 11) is 0. The van der Waals surface area contributed by atoms with E-state index in [0.29, 0.717) is 11.4 Å². The van der Waals surface area contributed by atoms with Gasteiger partial charge in [-0.15, -0.1) is 0 Å². The van der Waals surface area contributed by atoms with Crippen LogP contribution in [0.1, 0.15) is 11.1 Å². The Morgan fingerprint density at radius 2 is 1.00 bits per heavy atom. The van der Waals surface area contributed by atoms with Crippen LogP contribution in [-0.2, 0) is 0 Å². The molecule has 2 aromatic carbocycles. The second-order valence-electron chi connectivity index (χ2n) is 4.50. The van der Waals surface area contributed by atoms with Crippen molar-refractivity contribution >= 4 is 12.2 Å². The van der Waals surface area contributed by atoms with Gasteiger partial charge in [0, 0.05) is 12.2 Å². The first-order valence-corrected chi connectivity index (χ1v) is 6.46. The molecule has 0 saturated heterocycles. The van der Waals surface area contributed by atoms with E-state index >= 15 is 0 Å². The molecule has 0 bridgehead atoms. The third-order valence-corrected chi connectivity index (χ3v) is 2.93. The summed E-state index contributed by atoms with van der Waals surface area (Å²) < 4.78 is 0. The summed E-state index contributed by atoms with van der Waals surface area (Å²) in [5.41, 5.74) is 2.37. The second-order valence-corrected chi connectivity index (χ2v) is 4.50. The Labute approximate surface area is 128 Å². The highest BCUT2D eigenvalue weighted by Gasteiger charge is 2.24. The first-order chi connectivity index (χ1) is 10.6. The Morgan fingerprint density at radius 1 is 0.682 bits per heavy atom. The molecule has 4 heteroatoms. The van der Waals surface area contributed by atoms with Gasteiger partial charge in [0.1, 0.15) is 11.5 Å². The van der Waals surface area contributed by atoms with Crippen LogP contribution in [0.5, 0.6) is 11.5 Å². The second kappa shape index (κ2) is 6.78. The van der Waals surface area contributed by atoms with Crippen LogP contribution in [-0.4, -0.2) is 10.2 Å². The zero-order valence-corrected chi connectivity index (χ0v) is 11.7. The smallest absolute Gasteiger partial charge is 0.430 e. The maximum atomic E-state index is 9.28. The molecule has 2 N–H and O–H groups in total. The highest BCUT2D eigenvalue weighted by atomic mass is 16.3. The van der Waals surface area contributed by atoms with E-state index < -0.39 is 0 Å². The van der Waals surface area contributed by atoms with Crippen LogP contribution >= 0.6 is 0 Å². The number of benzene rings is 2. The van der Waals surface area contributed by atoms with Crippen LogP contribution in [0, 0.1) is 13.1 Å². The quantitative estimate of drug-likeness (QED) is 0.823. The molecule has 0 amide bonds. The zero-order valence-electron chi connectivity index (χ0n) is 11.7. The Kier molecular flexibility index (Phi) is 4.59. The molecular weight excluding hydrogens is 276 g/mol. The number of hydrogen-bond donors (Lipinski definition) is 2. The van der Waals surface area contributed by atoms with Gasteiger partial charge in [-0.2, -0.15) is 0 Å². The number of nitrogens with zero attached hydrogens (tertiary/aromatic N) is 2. The molecule has 0 fully saturated rings. The van der Waals surface area contributed by atoms with Crippen LogP contribution in [0.3, 0.4) is 0 Å². The maximum absolute atomic E-state index is 9.28. The normalized spacial score (nSPS) is 11.5. The van der Waals surface area contributed by atoms with Crippen LogP contribution in [0.25, 0.3) is 21.8 Å².